The van der Waals surface area contributed by atoms with Crippen molar-refractivity contribution in [2.24, 2.45) is 5.73 Å². The summed E-state index contributed by atoms with van der Waals surface area (Å²) in [7, 11) is 0. The summed E-state index contributed by atoms with van der Waals surface area (Å²) in [6.07, 6.45) is 0.210. The Morgan fingerprint density at radius 3 is 2.86 bits per heavy atom. The van der Waals surface area contributed by atoms with E-state index in [1.165, 1.54) is 6.92 Å². The van der Waals surface area contributed by atoms with Gasteiger partial charge in [0.1, 0.15) is 10.1 Å². The Hall–Kier alpha value is -0.940. The first-order chi connectivity index (χ1) is 6.42. The average molecular weight is 259 g/mol. The van der Waals surface area contributed by atoms with Gasteiger partial charge in [-0.15, -0.1) is 0 Å². The zero-order valence-corrected chi connectivity index (χ0v) is 9.28. The Morgan fingerprint density at radius 2 is 2.36 bits per heavy atom. The highest BCUT2D eigenvalue weighted by atomic mass is 79.9. The fraction of sp³-hybridized carbons (Fsp3) is 0.333. The number of halogens is 1. The zero-order chi connectivity index (χ0) is 10.8. The number of carboxylic acid groups (broad SMARTS) is 1. The lowest BCUT2D eigenvalue weighted by atomic mass is 9.97. The summed E-state index contributed by atoms with van der Waals surface area (Å²) in [5.74, 6) is -1.03. The summed E-state index contributed by atoms with van der Waals surface area (Å²) >= 11 is 3.21. The predicted octanol–water partition coefficient (Wildman–Crippen LogP) is 1.19. The zero-order valence-electron chi connectivity index (χ0n) is 7.70. The summed E-state index contributed by atoms with van der Waals surface area (Å²) in [5.41, 5.74) is 4.98. The molecule has 1 aromatic rings. The molecule has 0 fully saturated rings. The van der Waals surface area contributed by atoms with E-state index in [0.717, 1.165) is 0 Å². The van der Waals surface area contributed by atoms with E-state index < -0.39 is 11.5 Å². The van der Waals surface area contributed by atoms with Gasteiger partial charge in [-0.05, 0) is 35.0 Å². The van der Waals surface area contributed by atoms with Crippen LogP contribution in [0.25, 0.3) is 0 Å². The van der Waals surface area contributed by atoms with Gasteiger partial charge in [-0.3, -0.25) is 4.79 Å². The van der Waals surface area contributed by atoms with Gasteiger partial charge >= 0.3 is 5.97 Å². The Balaban J connectivity index is 2.83. The van der Waals surface area contributed by atoms with Crippen molar-refractivity contribution in [3.05, 3.63) is 28.5 Å². The second kappa shape index (κ2) is 4.06. The summed E-state index contributed by atoms with van der Waals surface area (Å²) < 4.78 is 0.677. The van der Waals surface area contributed by atoms with E-state index in [2.05, 4.69) is 20.9 Å². The maximum atomic E-state index is 10.7. The molecule has 5 heteroatoms. The van der Waals surface area contributed by atoms with Crippen LogP contribution in [0, 0.1) is 0 Å². The van der Waals surface area contributed by atoms with E-state index >= 15 is 0 Å². The maximum Gasteiger partial charge on any atom is 0.323 e. The standard InChI is InChI=1S/C9H11BrN2O2/c1-9(11,8(13)14)5-6-3-2-4-7(10)12-6/h2-4H,5,11H2,1H3,(H,13,14). The molecule has 14 heavy (non-hydrogen) atoms. The second-order valence-electron chi connectivity index (χ2n) is 3.35. The summed E-state index contributed by atoms with van der Waals surface area (Å²) in [6, 6.07) is 5.32. The van der Waals surface area contributed by atoms with Crippen LogP contribution in [-0.4, -0.2) is 21.6 Å². The normalized spacial score (nSPS) is 14.8. The van der Waals surface area contributed by atoms with Gasteiger partial charge in [0, 0.05) is 12.1 Å². The quantitative estimate of drug-likeness (QED) is 0.799. The van der Waals surface area contributed by atoms with E-state index in [1.807, 2.05) is 0 Å². The molecule has 4 nitrogen and oxygen atoms in total. The summed E-state index contributed by atoms with van der Waals surface area (Å²) in [4.78, 5) is 14.9. The Bertz CT molecular complexity index is 352. The molecule has 3 N–H and O–H groups in total. The lowest BCUT2D eigenvalue weighted by Crippen LogP contribution is -2.47. The fourth-order valence-electron chi connectivity index (χ4n) is 1.00. The minimum atomic E-state index is -1.27. The molecule has 0 aliphatic rings. The van der Waals surface area contributed by atoms with Gasteiger partial charge in [-0.2, -0.15) is 0 Å². The fourth-order valence-corrected chi connectivity index (χ4v) is 1.38. The third-order valence-electron chi connectivity index (χ3n) is 1.81. The van der Waals surface area contributed by atoms with Gasteiger partial charge < -0.3 is 10.8 Å². The first kappa shape index (κ1) is 11.1. The largest absolute Gasteiger partial charge is 0.480 e. The number of nitrogens with zero attached hydrogens (tertiary/aromatic N) is 1. The number of pyridine rings is 1. The van der Waals surface area contributed by atoms with Crippen molar-refractivity contribution in [3.63, 3.8) is 0 Å². The number of nitrogens with two attached hydrogens (primary N) is 1. The predicted molar refractivity (Wildman–Crippen MR) is 55.9 cm³/mol. The number of hydrogen-bond acceptors (Lipinski definition) is 3. The molecule has 0 spiro atoms. The van der Waals surface area contributed by atoms with Gasteiger partial charge in [0.05, 0.1) is 0 Å². The maximum absolute atomic E-state index is 10.7. The first-order valence-corrected chi connectivity index (χ1v) is 4.85. The minimum Gasteiger partial charge on any atom is -0.480 e. The molecule has 0 aromatic carbocycles. The van der Waals surface area contributed by atoms with Crippen LogP contribution in [0.3, 0.4) is 0 Å². The topological polar surface area (TPSA) is 76.2 Å². The third kappa shape index (κ3) is 2.78. The molecule has 1 atom stereocenters. The van der Waals surface area contributed by atoms with Crippen molar-refractivity contribution in [1.29, 1.82) is 0 Å². The lowest BCUT2D eigenvalue weighted by Gasteiger charge is -2.18. The molecule has 1 rings (SSSR count). The van der Waals surface area contributed by atoms with E-state index in [-0.39, 0.29) is 6.42 Å². The van der Waals surface area contributed by atoms with Crippen molar-refractivity contribution in [2.45, 2.75) is 18.9 Å². The highest BCUT2D eigenvalue weighted by Gasteiger charge is 2.28. The molecule has 0 saturated carbocycles. The van der Waals surface area contributed by atoms with Crippen molar-refractivity contribution < 1.29 is 9.90 Å². The number of rotatable bonds is 3. The minimum absolute atomic E-state index is 0.210. The Kier molecular flexibility index (Phi) is 3.23. The Labute approximate surface area is 90.3 Å². The molecule has 0 radical (unpaired) electrons. The van der Waals surface area contributed by atoms with Gasteiger partial charge in [-0.1, -0.05) is 6.07 Å². The number of carbonyl (C=O) groups is 1. The van der Waals surface area contributed by atoms with Crippen molar-refractivity contribution in [1.82, 2.24) is 4.98 Å². The van der Waals surface area contributed by atoms with Crippen molar-refractivity contribution >= 4 is 21.9 Å². The van der Waals surface area contributed by atoms with E-state index in [9.17, 15) is 4.79 Å². The van der Waals surface area contributed by atoms with Crippen molar-refractivity contribution in [2.75, 3.05) is 0 Å². The molecule has 0 bridgehead atoms. The lowest BCUT2D eigenvalue weighted by molar-refractivity contribution is -0.142. The van der Waals surface area contributed by atoms with E-state index in [1.54, 1.807) is 18.2 Å². The highest BCUT2D eigenvalue weighted by molar-refractivity contribution is 9.10. The van der Waals surface area contributed by atoms with Gasteiger partial charge in [0.15, 0.2) is 0 Å². The average Bonchev–Trinajstić information content (AvgIpc) is 2.02. The van der Waals surface area contributed by atoms with Crippen LogP contribution >= 0.6 is 15.9 Å². The first-order valence-electron chi connectivity index (χ1n) is 4.05. The Morgan fingerprint density at radius 1 is 1.71 bits per heavy atom. The molecular formula is C9H11BrN2O2. The van der Waals surface area contributed by atoms with Gasteiger partial charge in [-0.25, -0.2) is 4.98 Å². The number of aromatic nitrogens is 1. The molecule has 1 unspecified atom stereocenters. The smallest absolute Gasteiger partial charge is 0.323 e. The van der Waals surface area contributed by atoms with Crippen LogP contribution < -0.4 is 5.73 Å². The molecule has 0 amide bonds. The SMILES string of the molecule is CC(N)(Cc1cccc(Br)n1)C(=O)O. The molecule has 0 saturated heterocycles. The second-order valence-corrected chi connectivity index (χ2v) is 4.16. The van der Waals surface area contributed by atoms with Crippen LogP contribution in [0.15, 0.2) is 22.8 Å². The van der Waals surface area contributed by atoms with Crippen LogP contribution in [0.5, 0.6) is 0 Å². The van der Waals surface area contributed by atoms with Crippen LogP contribution in [0.1, 0.15) is 12.6 Å². The number of aliphatic carboxylic acids is 1. The van der Waals surface area contributed by atoms with Crippen LogP contribution in [-0.2, 0) is 11.2 Å². The van der Waals surface area contributed by atoms with Gasteiger partial charge in [0.2, 0.25) is 0 Å². The van der Waals surface area contributed by atoms with E-state index in [4.69, 9.17) is 10.8 Å². The third-order valence-corrected chi connectivity index (χ3v) is 2.25. The van der Waals surface area contributed by atoms with Gasteiger partial charge in [0.25, 0.3) is 0 Å². The monoisotopic (exact) mass is 258 g/mol. The number of hydrogen-bond donors (Lipinski definition) is 2. The molecule has 1 heterocycles. The van der Waals surface area contributed by atoms with Crippen LogP contribution in [0.2, 0.25) is 0 Å². The van der Waals surface area contributed by atoms with E-state index in [0.29, 0.717) is 10.3 Å². The highest BCUT2D eigenvalue weighted by Crippen LogP contribution is 2.12. The number of carboxylic acids is 1. The summed E-state index contributed by atoms with van der Waals surface area (Å²) in [5, 5.41) is 8.81. The van der Waals surface area contributed by atoms with Crippen molar-refractivity contribution in [3.8, 4) is 0 Å². The molecule has 1 aromatic heterocycles. The molecule has 0 aliphatic carbocycles. The summed E-state index contributed by atoms with van der Waals surface area (Å²) in [6.45, 7) is 1.47. The molecular weight excluding hydrogens is 248 g/mol. The molecule has 76 valence electrons. The molecule has 0 aliphatic heterocycles. The van der Waals surface area contributed by atoms with Crippen LogP contribution in [0.4, 0.5) is 0 Å².